The monoisotopic (exact) mass is 411 g/mol. The number of aliphatic hydroxyl groups is 1. The van der Waals surface area contributed by atoms with E-state index in [1.54, 1.807) is 59.3 Å². The number of nitrogens with zero attached hydrogens (tertiary/aromatic N) is 1. The number of hydrogen-bond donors (Lipinski definition) is 1. The lowest BCUT2D eigenvalue weighted by molar-refractivity contribution is 0.252. The molecule has 1 atom stereocenters. The van der Waals surface area contributed by atoms with Crippen molar-refractivity contribution < 1.29 is 13.5 Å². The molecule has 1 aromatic heterocycles. The van der Waals surface area contributed by atoms with E-state index < -0.39 is 15.9 Å². The zero-order valence-corrected chi connectivity index (χ0v) is 16.4. The third kappa shape index (κ3) is 3.22. The topological polar surface area (TPSA) is 59.3 Å². The van der Waals surface area contributed by atoms with Crippen molar-refractivity contribution in [3.63, 3.8) is 0 Å². The summed E-state index contributed by atoms with van der Waals surface area (Å²) < 4.78 is 28.4. The number of sulfone groups is 1. The largest absolute Gasteiger partial charge is 0.394 e. The fourth-order valence-corrected chi connectivity index (χ4v) is 5.07. The summed E-state index contributed by atoms with van der Waals surface area (Å²) in [7, 11) is -3.75. The van der Waals surface area contributed by atoms with Crippen LogP contribution in [0.3, 0.4) is 0 Å². The van der Waals surface area contributed by atoms with Gasteiger partial charge >= 0.3 is 0 Å². The van der Waals surface area contributed by atoms with E-state index in [0.717, 1.165) is 5.56 Å². The van der Waals surface area contributed by atoms with Crippen LogP contribution in [0.1, 0.15) is 11.6 Å². The Morgan fingerprint density at radius 1 is 0.929 bits per heavy atom. The number of fused-ring (bicyclic) bond motifs is 1. The molecule has 0 radical (unpaired) electrons. The predicted octanol–water partition coefficient (Wildman–Crippen LogP) is 4.71. The van der Waals surface area contributed by atoms with Crippen molar-refractivity contribution >= 4 is 32.3 Å². The van der Waals surface area contributed by atoms with Crippen LogP contribution in [0.15, 0.2) is 94.9 Å². The second-order valence-electron chi connectivity index (χ2n) is 6.49. The Bertz CT molecular complexity index is 1220. The van der Waals surface area contributed by atoms with Gasteiger partial charge in [-0.05, 0) is 35.9 Å². The van der Waals surface area contributed by atoms with E-state index >= 15 is 0 Å². The summed E-state index contributed by atoms with van der Waals surface area (Å²) >= 11 is 6.17. The van der Waals surface area contributed by atoms with Crippen molar-refractivity contribution in [3.8, 4) is 0 Å². The molecule has 0 unspecified atom stereocenters. The molecule has 3 aromatic carbocycles. The van der Waals surface area contributed by atoms with Gasteiger partial charge in [0.05, 0.1) is 28.0 Å². The molecule has 28 heavy (non-hydrogen) atoms. The second-order valence-corrected chi connectivity index (χ2v) is 8.84. The highest BCUT2D eigenvalue weighted by Crippen LogP contribution is 2.35. The molecule has 0 bridgehead atoms. The fourth-order valence-electron chi connectivity index (χ4n) is 3.42. The van der Waals surface area contributed by atoms with Gasteiger partial charge in [-0.15, -0.1) is 0 Å². The maximum absolute atomic E-state index is 13.3. The maximum Gasteiger partial charge on any atom is 0.208 e. The van der Waals surface area contributed by atoms with E-state index in [0.29, 0.717) is 15.9 Å². The highest BCUT2D eigenvalue weighted by molar-refractivity contribution is 7.91. The summed E-state index contributed by atoms with van der Waals surface area (Å²) in [5.41, 5.74) is 1.59. The summed E-state index contributed by atoms with van der Waals surface area (Å²) in [6.07, 6.45) is 1.59. The first-order valence-corrected chi connectivity index (χ1v) is 10.6. The lowest BCUT2D eigenvalue weighted by Gasteiger charge is -2.18. The third-order valence-corrected chi connectivity index (χ3v) is 6.83. The molecule has 0 amide bonds. The molecule has 0 saturated carbocycles. The van der Waals surface area contributed by atoms with Gasteiger partial charge in [-0.2, -0.15) is 0 Å². The average Bonchev–Trinajstić information content (AvgIpc) is 3.09. The molecule has 0 aliphatic rings. The quantitative estimate of drug-likeness (QED) is 0.517. The van der Waals surface area contributed by atoms with E-state index in [-0.39, 0.29) is 16.4 Å². The molecule has 1 N–H and O–H groups in total. The molecule has 0 spiro atoms. The zero-order valence-electron chi connectivity index (χ0n) is 14.9. The Morgan fingerprint density at radius 3 is 2.21 bits per heavy atom. The van der Waals surface area contributed by atoms with Gasteiger partial charge in [0.25, 0.3) is 0 Å². The number of aliphatic hydroxyl groups excluding tert-OH is 1. The molecule has 142 valence electrons. The standard InChI is InChI=1S/C22H18ClNO3S/c23-17-11-12-20-19(13-17)22(28(26,27)18-9-5-2-6-10-18)14-24(20)21(15-25)16-7-3-1-4-8-16/h1-14,21,25H,15H2/t21-/m1/s1. The Kier molecular flexibility index (Phi) is 4.98. The summed E-state index contributed by atoms with van der Waals surface area (Å²) in [5.74, 6) is 0. The highest BCUT2D eigenvalue weighted by atomic mass is 35.5. The van der Waals surface area contributed by atoms with Gasteiger partial charge in [-0.1, -0.05) is 60.1 Å². The SMILES string of the molecule is O=S(=O)(c1ccccc1)c1cn([C@H](CO)c2ccccc2)c2ccc(Cl)cc12. The van der Waals surface area contributed by atoms with Gasteiger partial charge in [0.1, 0.15) is 0 Å². The van der Waals surface area contributed by atoms with Gasteiger partial charge in [-0.3, -0.25) is 0 Å². The van der Waals surface area contributed by atoms with Crippen LogP contribution < -0.4 is 0 Å². The van der Waals surface area contributed by atoms with E-state index in [2.05, 4.69) is 0 Å². The average molecular weight is 412 g/mol. The van der Waals surface area contributed by atoms with Gasteiger partial charge in [0.15, 0.2) is 0 Å². The molecule has 4 nitrogen and oxygen atoms in total. The van der Waals surface area contributed by atoms with Crippen LogP contribution >= 0.6 is 11.6 Å². The lowest BCUT2D eigenvalue weighted by atomic mass is 10.1. The smallest absolute Gasteiger partial charge is 0.208 e. The van der Waals surface area contributed by atoms with Crippen molar-refractivity contribution in [3.05, 3.63) is 95.6 Å². The van der Waals surface area contributed by atoms with Crippen LogP contribution in [0.4, 0.5) is 0 Å². The predicted molar refractivity (Wildman–Crippen MR) is 111 cm³/mol. The van der Waals surface area contributed by atoms with Crippen LogP contribution in [0, 0.1) is 0 Å². The van der Waals surface area contributed by atoms with Gasteiger partial charge in [0, 0.05) is 16.6 Å². The molecular weight excluding hydrogens is 394 g/mol. The molecule has 1 heterocycles. The van der Waals surface area contributed by atoms with Gasteiger partial charge in [-0.25, -0.2) is 8.42 Å². The molecule has 6 heteroatoms. The molecule has 0 aliphatic heterocycles. The van der Waals surface area contributed by atoms with Crippen LogP contribution in [-0.2, 0) is 9.84 Å². The number of aromatic nitrogens is 1. The summed E-state index contributed by atoms with van der Waals surface area (Å²) in [6, 6.07) is 22.6. The first kappa shape index (κ1) is 18.7. The zero-order chi connectivity index (χ0) is 19.7. The van der Waals surface area contributed by atoms with E-state index in [9.17, 15) is 13.5 Å². The minimum atomic E-state index is -3.75. The Morgan fingerprint density at radius 2 is 1.57 bits per heavy atom. The number of rotatable bonds is 5. The minimum absolute atomic E-state index is 0.165. The van der Waals surface area contributed by atoms with Crippen molar-refractivity contribution in [2.24, 2.45) is 0 Å². The van der Waals surface area contributed by atoms with Crippen LogP contribution in [0.5, 0.6) is 0 Å². The molecular formula is C22H18ClNO3S. The molecule has 0 saturated heterocycles. The van der Waals surface area contributed by atoms with Gasteiger partial charge in [0.2, 0.25) is 9.84 Å². The third-order valence-electron chi connectivity index (χ3n) is 4.79. The summed E-state index contributed by atoms with van der Waals surface area (Å²) in [4.78, 5) is 0.389. The molecule has 4 rings (SSSR count). The number of benzene rings is 3. The Hall–Kier alpha value is -2.60. The number of hydrogen-bond acceptors (Lipinski definition) is 3. The molecule has 0 aliphatic carbocycles. The van der Waals surface area contributed by atoms with E-state index in [4.69, 9.17) is 11.6 Å². The summed E-state index contributed by atoms with van der Waals surface area (Å²) in [5, 5.41) is 11.1. The van der Waals surface area contributed by atoms with Crippen LogP contribution in [0.25, 0.3) is 10.9 Å². The van der Waals surface area contributed by atoms with Crippen LogP contribution in [0.2, 0.25) is 5.02 Å². The first-order chi connectivity index (χ1) is 13.5. The van der Waals surface area contributed by atoms with Crippen molar-refractivity contribution in [1.29, 1.82) is 0 Å². The first-order valence-electron chi connectivity index (χ1n) is 8.78. The van der Waals surface area contributed by atoms with E-state index in [1.807, 2.05) is 30.3 Å². The lowest BCUT2D eigenvalue weighted by Crippen LogP contribution is -2.13. The van der Waals surface area contributed by atoms with Crippen molar-refractivity contribution in [2.75, 3.05) is 6.61 Å². The summed E-state index contributed by atoms with van der Waals surface area (Å²) in [6.45, 7) is -0.165. The van der Waals surface area contributed by atoms with Crippen molar-refractivity contribution in [2.45, 2.75) is 15.8 Å². The highest BCUT2D eigenvalue weighted by Gasteiger charge is 2.26. The van der Waals surface area contributed by atoms with Crippen LogP contribution in [-0.4, -0.2) is 24.7 Å². The van der Waals surface area contributed by atoms with E-state index in [1.165, 1.54) is 0 Å². The Labute approximate surface area is 168 Å². The maximum atomic E-state index is 13.3. The second kappa shape index (κ2) is 7.43. The molecule has 0 fully saturated rings. The van der Waals surface area contributed by atoms with Crippen molar-refractivity contribution in [1.82, 2.24) is 4.57 Å². The normalized spacial score (nSPS) is 12.9. The minimum Gasteiger partial charge on any atom is -0.394 e. The number of halogens is 1. The fraction of sp³-hybridized carbons (Fsp3) is 0.0909. The Balaban J connectivity index is 1.98. The van der Waals surface area contributed by atoms with Gasteiger partial charge < -0.3 is 9.67 Å². The molecule has 4 aromatic rings.